The van der Waals surface area contributed by atoms with Crippen LogP contribution in [0.4, 0.5) is 16.2 Å². The number of nitrogens with zero attached hydrogens (tertiary/aromatic N) is 1. The van der Waals surface area contributed by atoms with Gasteiger partial charge in [-0.1, -0.05) is 0 Å². The van der Waals surface area contributed by atoms with Crippen molar-refractivity contribution in [3.8, 4) is 0 Å². The van der Waals surface area contributed by atoms with Gasteiger partial charge in [0.2, 0.25) is 0 Å². The van der Waals surface area contributed by atoms with E-state index in [0.717, 1.165) is 22.3 Å². The molecule has 1 atom stereocenters. The Kier molecular flexibility index (Phi) is 3.70. The number of carbonyl (C=O) groups is 1. The molecule has 1 unspecified atom stereocenters. The summed E-state index contributed by atoms with van der Waals surface area (Å²) in [6.07, 6.45) is 1.87. The molecule has 24 heavy (non-hydrogen) atoms. The number of nitrogens with one attached hydrogen (secondary N) is 3. The van der Waals surface area contributed by atoms with Gasteiger partial charge in [-0.3, -0.25) is 4.90 Å². The van der Waals surface area contributed by atoms with Gasteiger partial charge in [-0.25, -0.2) is 9.00 Å². The van der Waals surface area contributed by atoms with Crippen LogP contribution in [-0.4, -0.2) is 28.3 Å². The average molecular weight is 340 g/mol. The first-order chi connectivity index (χ1) is 11.7. The fourth-order valence-corrected chi connectivity index (χ4v) is 3.59. The van der Waals surface area contributed by atoms with Crippen LogP contribution in [0.1, 0.15) is 0 Å². The van der Waals surface area contributed by atoms with Crippen LogP contribution >= 0.6 is 0 Å². The molecule has 7 heteroatoms. The number of benzene rings is 2. The van der Waals surface area contributed by atoms with Crippen molar-refractivity contribution < 1.29 is 9.00 Å². The molecule has 1 aliphatic rings. The third-order valence-corrected chi connectivity index (χ3v) is 5.10. The van der Waals surface area contributed by atoms with Gasteiger partial charge in [0.15, 0.2) is 0 Å². The van der Waals surface area contributed by atoms with Gasteiger partial charge in [-0.15, -0.1) is 0 Å². The lowest BCUT2D eigenvalue weighted by atomic mass is 10.2. The smallest absolute Gasteiger partial charge is 0.321 e. The zero-order valence-corrected chi connectivity index (χ0v) is 13.6. The first-order valence-corrected chi connectivity index (χ1v) is 8.77. The fraction of sp³-hybridized carbons (Fsp3) is 0.118. The molecule has 1 fully saturated rings. The van der Waals surface area contributed by atoms with Crippen LogP contribution in [0.3, 0.4) is 0 Å². The van der Waals surface area contributed by atoms with Crippen molar-refractivity contribution in [3.63, 3.8) is 0 Å². The fourth-order valence-electron chi connectivity index (χ4n) is 2.75. The van der Waals surface area contributed by atoms with E-state index in [1.54, 1.807) is 17.0 Å². The quantitative estimate of drug-likeness (QED) is 0.683. The SMILES string of the molecule is O=C1NCCN1c1ccc(S(=O)Nc2ccc3[nH]ccc3c2)cc1. The number of rotatable bonds is 4. The van der Waals surface area contributed by atoms with Crippen LogP contribution in [0.25, 0.3) is 10.9 Å². The summed E-state index contributed by atoms with van der Waals surface area (Å²) in [6.45, 7) is 1.30. The van der Waals surface area contributed by atoms with Crippen molar-refractivity contribution in [2.75, 3.05) is 22.7 Å². The summed E-state index contributed by atoms with van der Waals surface area (Å²) < 4.78 is 15.5. The molecule has 0 bridgehead atoms. The highest BCUT2D eigenvalue weighted by Crippen LogP contribution is 2.22. The summed E-state index contributed by atoms with van der Waals surface area (Å²) in [7, 11) is -1.36. The summed E-state index contributed by atoms with van der Waals surface area (Å²) in [6, 6.07) is 14.8. The number of urea groups is 1. The van der Waals surface area contributed by atoms with Crippen molar-refractivity contribution in [2.45, 2.75) is 4.90 Å². The standard InChI is InChI=1S/C17H16N4O2S/c22-17-19-9-10-21(17)14-2-4-15(5-3-14)24(23)20-13-1-6-16-12(11-13)7-8-18-16/h1-8,11,18,20H,9-10H2,(H,19,22). The predicted molar refractivity (Wildman–Crippen MR) is 95.5 cm³/mol. The van der Waals surface area contributed by atoms with Gasteiger partial charge in [-0.2, -0.15) is 0 Å². The van der Waals surface area contributed by atoms with Gasteiger partial charge < -0.3 is 15.0 Å². The lowest BCUT2D eigenvalue weighted by Gasteiger charge is -2.14. The summed E-state index contributed by atoms with van der Waals surface area (Å²) in [5, 5.41) is 3.82. The Morgan fingerprint density at radius 1 is 1.08 bits per heavy atom. The average Bonchev–Trinajstić information content (AvgIpc) is 3.23. The van der Waals surface area contributed by atoms with Crippen molar-refractivity contribution in [1.29, 1.82) is 0 Å². The molecule has 0 aliphatic carbocycles. The second-order valence-electron chi connectivity index (χ2n) is 5.53. The van der Waals surface area contributed by atoms with Crippen LogP contribution in [0.2, 0.25) is 0 Å². The molecule has 0 saturated carbocycles. The molecular formula is C17H16N4O2S. The van der Waals surface area contributed by atoms with E-state index < -0.39 is 11.0 Å². The Bertz CT molecular complexity index is 920. The first-order valence-electron chi connectivity index (χ1n) is 7.62. The van der Waals surface area contributed by atoms with Crippen molar-refractivity contribution in [3.05, 3.63) is 54.7 Å². The van der Waals surface area contributed by atoms with Crippen LogP contribution < -0.4 is 14.9 Å². The zero-order chi connectivity index (χ0) is 16.5. The number of anilines is 2. The lowest BCUT2D eigenvalue weighted by molar-refractivity contribution is 0.252. The van der Waals surface area contributed by atoms with E-state index in [0.29, 0.717) is 18.0 Å². The molecule has 6 nitrogen and oxygen atoms in total. The number of H-pyrrole nitrogens is 1. The Morgan fingerprint density at radius 3 is 2.67 bits per heavy atom. The largest absolute Gasteiger partial charge is 0.361 e. The maximum absolute atomic E-state index is 12.5. The topological polar surface area (TPSA) is 77.2 Å². The summed E-state index contributed by atoms with van der Waals surface area (Å²) in [5.74, 6) is 0. The van der Waals surface area contributed by atoms with E-state index in [4.69, 9.17) is 0 Å². The normalized spacial score (nSPS) is 15.5. The molecule has 122 valence electrons. The third-order valence-electron chi connectivity index (χ3n) is 3.98. The lowest BCUT2D eigenvalue weighted by Crippen LogP contribution is -2.27. The number of aromatic nitrogens is 1. The number of aromatic amines is 1. The van der Waals surface area contributed by atoms with Crippen LogP contribution in [0.5, 0.6) is 0 Å². The molecule has 2 aromatic carbocycles. The molecule has 3 aromatic rings. The molecule has 0 spiro atoms. The Balaban J connectivity index is 1.50. The maximum Gasteiger partial charge on any atom is 0.321 e. The van der Waals surface area contributed by atoms with Gasteiger partial charge in [-0.05, 0) is 48.5 Å². The van der Waals surface area contributed by atoms with E-state index >= 15 is 0 Å². The van der Waals surface area contributed by atoms with E-state index in [-0.39, 0.29) is 6.03 Å². The second kappa shape index (κ2) is 6.01. The van der Waals surface area contributed by atoms with Crippen molar-refractivity contribution in [2.24, 2.45) is 0 Å². The Hall–Kier alpha value is -2.80. The summed E-state index contributed by atoms with van der Waals surface area (Å²) >= 11 is 0. The highest BCUT2D eigenvalue weighted by Gasteiger charge is 2.21. The number of carbonyl (C=O) groups excluding carboxylic acids is 1. The predicted octanol–water partition coefficient (Wildman–Crippen LogP) is 2.83. The number of amides is 2. The molecule has 2 amide bonds. The van der Waals surface area contributed by atoms with Gasteiger partial charge in [0, 0.05) is 41.6 Å². The summed E-state index contributed by atoms with van der Waals surface area (Å²) in [5.41, 5.74) is 2.64. The zero-order valence-electron chi connectivity index (χ0n) is 12.8. The summed E-state index contributed by atoms with van der Waals surface area (Å²) in [4.78, 5) is 17.1. The molecular weight excluding hydrogens is 324 g/mol. The van der Waals surface area contributed by atoms with E-state index in [1.165, 1.54) is 0 Å². The molecule has 1 aliphatic heterocycles. The monoisotopic (exact) mass is 340 g/mol. The number of hydrogen-bond acceptors (Lipinski definition) is 2. The van der Waals surface area contributed by atoms with Crippen LogP contribution in [-0.2, 0) is 11.0 Å². The second-order valence-corrected chi connectivity index (χ2v) is 6.74. The number of fused-ring (bicyclic) bond motifs is 1. The molecule has 2 heterocycles. The minimum absolute atomic E-state index is 0.0956. The van der Waals surface area contributed by atoms with Gasteiger partial charge in [0.1, 0.15) is 11.0 Å². The van der Waals surface area contributed by atoms with E-state index in [9.17, 15) is 9.00 Å². The number of hydrogen-bond donors (Lipinski definition) is 3. The van der Waals surface area contributed by atoms with Gasteiger partial charge >= 0.3 is 6.03 Å². The molecule has 4 rings (SSSR count). The highest BCUT2D eigenvalue weighted by molar-refractivity contribution is 7.86. The van der Waals surface area contributed by atoms with Gasteiger partial charge in [0.25, 0.3) is 0 Å². The van der Waals surface area contributed by atoms with Crippen molar-refractivity contribution in [1.82, 2.24) is 10.3 Å². The molecule has 1 aromatic heterocycles. The third kappa shape index (κ3) is 2.74. The minimum atomic E-state index is -1.36. The van der Waals surface area contributed by atoms with Crippen LogP contribution in [0.15, 0.2) is 59.6 Å². The Morgan fingerprint density at radius 2 is 1.92 bits per heavy atom. The highest BCUT2D eigenvalue weighted by atomic mass is 32.2. The van der Waals surface area contributed by atoms with Gasteiger partial charge in [0.05, 0.1) is 4.90 Å². The van der Waals surface area contributed by atoms with Crippen LogP contribution in [0, 0.1) is 0 Å². The van der Waals surface area contributed by atoms with E-state index in [2.05, 4.69) is 15.0 Å². The molecule has 3 N–H and O–H groups in total. The minimum Gasteiger partial charge on any atom is -0.361 e. The first kappa shape index (κ1) is 14.8. The maximum atomic E-state index is 12.5. The molecule has 1 saturated heterocycles. The van der Waals surface area contributed by atoms with Crippen molar-refractivity contribution >= 4 is 39.3 Å². The molecule has 0 radical (unpaired) electrons. The Labute approximate surface area is 141 Å². The van der Waals surface area contributed by atoms with E-state index in [1.807, 2.05) is 42.6 Å².